The Morgan fingerprint density at radius 3 is 2.84 bits per heavy atom. The van der Waals surface area contributed by atoms with Crippen molar-refractivity contribution in [2.75, 3.05) is 6.54 Å². The number of benzene rings is 1. The molecular formula is C15H17FN2S. The molecule has 2 aromatic rings. The number of thiazole rings is 1. The van der Waals surface area contributed by atoms with E-state index in [0.29, 0.717) is 6.04 Å². The van der Waals surface area contributed by atoms with Crippen LogP contribution in [0.3, 0.4) is 0 Å². The second-order valence-corrected chi connectivity index (χ2v) is 5.73. The lowest BCUT2D eigenvalue weighted by molar-refractivity contribution is 0.139. The van der Waals surface area contributed by atoms with Crippen LogP contribution < -0.4 is 0 Å². The first kappa shape index (κ1) is 12.8. The third-order valence-corrected chi connectivity index (χ3v) is 4.35. The molecule has 0 unspecified atom stereocenters. The maximum absolute atomic E-state index is 13.0. The van der Waals surface area contributed by atoms with Gasteiger partial charge in [0.2, 0.25) is 0 Å². The molecule has 0 bridgehead atoms. The van der Waals surface area contributed by atoms with Crippen molar-refractivity contribution in [3.05, 3.63) is 52.2 Å². The summed E-state index contributed by atoms with van der Waals surface area (Å²) in [5.41, 5.74) is 4.24. The van der Waals surface area contributed by atoms with Crippen LogP contribution in [0, 0.1) is 5.82 Å². The zero-order chi connectivity index (χ0) is 13.1. The summed E-state index contributed by atoms with van der Waals surface area (Å²) in [6, 6.07) is 7.35. The lowest BCUT2D eigenvalue weighted by Crippen LogP contribution is -2.33. The van der Waals surface area contributed by atoms with Gasteiger partial charge in [-0.25, -0.2) is 9.37 Å². The minimum Gasteiger partial charge on any atom is -0.290 e. The van der Waals surface area contributed by atoms with Gasteiger partial charge in [-0.05, 0) is 37.1 Å². The summed E-state index contributed by atoms with van der Waals surface area (Å²) in [4.78, 5) is 6.83. The predicted octanol–water partition coefficient (Wildman–Crippen LogP) is 4.01. The zero-order valence-corrected chi connectivity index (χ0v) is 11.6. The Morgan fingerprint density at radius 2 is 2.11 bits per heavy atom. The monoisotopic (exact) mass is 276 g/mol. The number of aromatic nitrogens is 1. The van der Waals surface area contributed by atoms with Crippen molar-refractivity contribution in [1.82, 2.24) is 9.88 Å². The highest BCUT2D eigenvalue weighted by Crippen LogP contribution is 2.32. The van der Waals surface area contributed by atoms with Gasteiger partial charge in [-0.2, -0.15) is 0 Å². The Kier molecular flexibility index (Phi) is 3.89. The fourth-order valence-electron chi connectivity index (χ4n) is 2.77. The third-order valence-electron chi connectivity index (χ3n) is 3.72. The molecule has 1 saturated heterocycles. The van der Waals surface area contributed by atoms with Gasteiger partial charge < -0.3 is 0 Å². The molecule has 4 heteroatoms. The molecule has 0 spiro atoms. The summed E-state index contributed by atoms with van der Waals surface area (Å²) in [5, 5.41) is 2.11. The van der Waals surface area contributed by atoms with Crippen LogP contribution in [0.1, 0.15) is 36.6 Å². The van der Waals surface area contributed by atoms with E-state index in [1.807, 2.05) is 17.6 Å². The second kappa shape index (κ2) is 5.80. The molecule has 0 amide bonds. The van der Waals surface area contributed by atoms with E-state index >= 15 is 0 Å². The van der Waals surface area contributed by atoms with E-state index in [-0.39, 0.29) is 5.82 Å². The third kappa shape index (κ3) is 3.01. The minimum absolute atomic E-state index is 0.161. The summed E-state index contributed by atoms with van der Waals surface area (Å²) >= 11 is 1.64. The van der Waals surface area contributed by atoms with Crippen LogP contribution in [-0.2, 0) is 6.54 Å². The van der Waals surface area contributed by atoms with Crippen LogP contribution in [0.2, 0.25) is 0 Å². The first-order valence-electron chi connectivity index (χ1n) is 6.69. The summed E-state index contributed by atoms with van der Waals surface area (Å²) in [6.45, 7) is 1.99. The van der Waals surface area contributed by atoms with Crippen molar-refractivity contribution >= 4 is 11.3 Å². The molecule has 0 saturated carbocycles. The molecule has 2 heterocycles. The number of nitrogens with zero attached hydrogens (tertiary/aromatic N) is 2. The van der Waals surface area contributed by atoms with Crippen LogP contribution in [-0.4, -0.2) is 16.4 Å². The zero-order valence-electron chi connectivity index (χ0n) is 10.8. The Morgan fingerprint density at radius 1 is 1.26 bits per heavy atom. The SMILES string of the molecule is Fc1ccc([C@@H]2CCCCN2Cc2cscn2)cc1. The standard InChI is InChI=1S/C15H17FN2S/c16-13-6-4-12(5-7-13)15-3-1-2-8-18(15)9-14-10-19-11-17-14/h4-7,10-11,15H,1-3,8-9H2/t15-/m0/s1. The molecule has 0 aliphatic carbocycles. The molecule has 1 atom stereocenters. The van der Waals surface area contributed by atoms with E-state index in [2.05, 4.69) is 15.3 Å². The van der Waals surface area contributed by atoms with E-state index in [1.54, 1.807) is 23.5 Å². The van der Waals surface area contributed by atoms with Gasteiger partial charge in [0.05, 0.1) is 11.2 Å². The smallest absolute Gasteiger partial charge is 0.123 e. The molecule has 19 heavy (non-hydrogen) atoms. The highest BCUT2D eigenvalue weighted by atomic mass is 32.1. The average molecular weight is 276 g/mol. The second-order valence-electron chi connectivity index (χ2n) is 5.01. The Bertz CT molecular complexity index is 509. The lowest BCUT2D eigenvalue weighted by atomic mass is 9.95. The largest absolute Gasteiger partial charge is 0.290 e. The molecule has 0 N–H and O–H groups in total. The van der Waals surface area contributed by atoms with Gasteiger partial charge in [0.25, 0.3) is 0 Å². The van der Waals surface area contributed by atoms with E-state index in [9.17, 15) is 4.39 Å². The van der Waals surface area contributed by atoms with Crippen LogP contribution in [0.4, 0.5) is 4.39 Å². The molecule has 0 radical (unpaired) electrons. The topological polar surface area (TPSA) is 16.1 Å². The molecule has 1 aliphatic rings. The molecule has 3 rings (SSSR count). The van der Waals surface area contributed by atoms with E-state index < -0.39 is 0 Å². The number of hydrogen-bond donors (Lipinski definition) is 0. The Balaban J connectivity index is 1.78. The molecule has 2 nitrogen and oxygen atoms in total. The quantitative estimate of drug-likeness (QED) is 0.842. The van der Waals surface area contributed by atoms with Gasteiger partial charge >= 0.3 is 0 Å². The molecule has 1 aromatic carbocycles. The highest BCUT2D eigenvalue weighted by molar-refractivity contribution is 7.07. The van der Waals surface area contributed by atoms with E-state index in [0.717, 1.165) is 25.2 Å². The van der Waals surface area contributed by atoms with Crippen LogP contribution in [0.25, 0.3) is 0 Å². The van der Waals surface area contributed by atoms with E-state index in [4.69, 9.17) is 0 Å². The van der Waals surface area contributed by atoms with Crippen molar-refractivity contribution < 1.29 is 4.39 Å². The maximum Gasteiger partial charge on any atom is 0.123 e. The molecule has 1 fully saturated rings. The van der Waals surface area contributed by atoms with Gasteiger partial charge in [-0.1, -0.05) is 18.6 Å². The van der Waals surface area contributed by atoms with Gasteiger partial charge in [0.1, 0.15) is 5.82 Å². The first-order chi connectivity index (χ1) is 9.33. The fraction of sp³-hybridized carbons (Fsp3) is 0.400. The minimum atomic E-state index is -0.161. The van der Waals surface area contributed by atoms with Crippen molar-refractivity contribution in [2.24, 2.45) is 0 Å². The Hall–Kier alpha value is -1.26. The van der Waals surface area contributed by atoms with Crippen molar-refractivity contribution in [2.45, 2.75) is 31.8 Å². The van der Waals surface area contributed by atoms with Crippen LogP contribution in [0.5, 0.6) is 0 Å². The predicted molar refractivity (Wildman–Crippen MR) is 75.5 cm³/mol. The highest BCUT2D eigenvalue weighted by Gasteiger charge is 2.24. The van der Waals surface area contributed by atoms with Crippen LogP contribution in [0.15, 0.2) is 35.2 Å². The van der Waals surface area contributed by atoms with Gasteiger partial charge in [0.15, 0.2) is 0 Å². The molecular weight excluding hydrogens is 259 g/mol. The number of piperidine rings is 1. The fourth-order valence-corrected chi connectivity index (χ4v) is 3.32. The van der Waals surface area contributed by atoms with Crippen molar-refractivity contribution in [1.29, 1.82) is 0 Å². The average Bonchev–Trinajstić information content (AvgIpc) is 2.93. The van der Waals surface area contributed by atoms with Crippen molar-refractivity contribution in [3.8, 4) is 0 Å². The van der Waals surface area contributed by atoms with Gasteiger partial charge in [0, 0.05) is 18.0 Å². The first-order valence-corrected chi connectivity index (χ1v) is 7.64. The van der Waals surface area contributed by atoms with Gasteiger partial charge in [-0.15, -0.1) is 11.3 Å². The summed E-state index contributed by atoms with van der Waals surface area (Å²) in [6.07, 6.45) is 3.63. The summed E-state index contributed by atoms with van der Waals surface area (Å²) < 4.78 is 13.0. The number of likely N-dealkylation sites (tertiary alicyclic amines) is 1. The molecule has 1 aromatic heterocycles. The molecule has 1 aliphatic heterocycles. The lowest BCUT2D eigenvalue weighted by Gasteiger charge is -2.35. The van der Waals surface area contributed by atoms with E-state index in [1.165, 1.54) is 18.4 Å². The summed E-state index contributed by atoms with van der Waals surface area (Å²) in [7, 11) is 0. The van der Waals surface area contributed by atoms with Crippen molar-refractivity contribution in [3.63, 3.8) is 0 Å². The summed E-state index contributed by atoms with van der Waals surface area (Å²) in [5.74, 6) is -0.161. The van der Waals surface area contributed by atoms with Gasteiger partial charge in [-0.3, -0.25) is 4.90 Å². The van der Waals surface area contributed by atoms with Crippen LogP contribution >= 0.6 is 11.3 Å². The normalized spacial score (nSPS) is 20.6. The molecule has 100 valence electrons. The maximum atomic E-state index is 13.0. The number of rotatable bonds is 3. The number of hydrogen-bond acceptors (Lipinski definition) is 3. The Labute approximate surface area is 116 Å². The number of halogens is 1.